The van der Waals surface area contributed by atoms with Gasteiger partial charge in [-0.25, -0.2) is 0 Å². The fraction of sp³-hybridized carbons (Fsp3) is 0.235. The normalized spacial score (nSPS) is 12.0. The van der Waals surface area contributed by atoms with Gasteiger partial charge < -0.3 is 10.1 Å². The Morgan fingerprint density at radius 1 is 1.13 bits per heavy atom. The van der Waals surface area contributed by atoms with Crippen molar-refractivity contribution in [2.75, 3.05) is 12.4 Å². The van der Waals surface area contributed by atoms with Crippen LogP contribution in [0.5, 0.6) is 5.75 Å². The van der Waals surface area contributed by atoms with E-state index in [1.165, 1.54) is 0 Å². The van der Waals surface area contributed by atoms with Crippen LogP contribution in [0.1, 0.15) is 18.5 Å². The Kier molecular flexibility index (Phi) is 4.23. The molecule has 2 aromatic heterocycles. The molecule has 3 rings (SSSR count). The molecule has 0 aliphatic carbocycles. The molecule has 0 unspecified atom stereocenters. The van der Waals surface area contributed by atoms with Gasteiger partial charge in [0.2, 0.25) is 0 Å². The summed E-state index contributed by atoms with van der Waals surface area (Å²) in [5, 5.41) is 16.1. The van der Waals surface area contributed by atoms with Crippen molar-refractivity contribution >= 4 is 5.82 Å². The van der Waals surface area contributed by atoms with Crippen LogP contribution in [0.2, 0.25) is 0 Å². The van der Waals surface area contributed by atoms with Crippen LogP contribution in [0.4, 0.5) is 5.82 Å². The average Bonchev–Trinajstić information content (AvgIpc) is 3.02. The molecule has 118 valence electrons. The van der Waals surface area contributed by atoms with Gasteiger partial charge in [-0.3, -0.25) is 4.68 Å². The molecule has 6 nitrogen and oxygen atoms in total. The zero-order chi connectivity index (χ0) is 16.2. The average molecular weight is 309 g/mol. The lowest BCUT2D eigenvalue weighted by Gasteiger charge is -2.13. The van der Waals surface area contributed by atoms with Gasteiger partial charge in [0.15, 0.2) is 0 Å². The Balaban J connectivity index is 1.77. The van der Waals surface area contributed by atoms with E-state index in [-0.39, 0.29) is 6.04 Å². The van der Waals surface area contributed by atoms with Crippen LogP contribution >= 0.6 is 0 Å². The molecular formula is C17H19N5O. The largest absolute Gasteiger partial charge is 0.496 e. The predicted molar refractivity (Wildman–Crippen MR) is 89.3 cm³/mol. The van der Waals surface area contributed by atoms with E-state index in [0.29, 0.717) is 0 Å². The van der Waals surface area contributed by atoms with Crippen molar-refractivity contribution in [3.63, 3.8) is 0 Å². The van der Waals surface area contributed by atoms with Crippen LogP contribution in [0.15, 0.2) is 48.8 Å². The van der Waals surface area contributed by atoms with Gasteiger partial charge >= 0.3 is 0 Å². The number of ether oxygens (including phenoxy) is 1. The van der Waals surface area contributed by atoms with Crippen molar-refractivity contribution in [2.24, 2.45) is 7.05 Å². The van der Waals surface area contributed by atoms with Crippen molar-refractivity contribution in [2.45, 2.75) is 13.0 Å². The summed E-state index contributed by atoms with van der Waals surface area (Å²) in [5.41, 5.74) is 2.81. The van der Waals surface area contributed by atoms with Crippen LogP contribution in [0.3, 0.4) is 0 Å². The summed E-state index contributed by atoms with van der Waals surface area (Å²) in [6.45, 7) is 2.06. The third kappa shape index (κ3) is 3.31. The summed E-state index contributed by atoms with van der Waals surface area (Å²) in [6.07, 6.45) is 3.82. The maximum absolute atomic E-state index is 5.36. The lowest BCUT2D eigenvalue weighted by molar-refractivity contribution is 0.416. The standard InChI is InChI=1S/C17H19N5O/c1-12(13-10-18-22(2)11-13)19-17-9-8-15(20-21-17)14-6-4-5-7-16(14)23-3/h4-12H,1-3H3,(H,19,21)/t12-/m1/s1. The van der Waals surface area contributed by atoms with E-state index >= 15 is 0 Å². The van der Waals surface area contributed by atoms with E-state index < -0.39 is 0 Å². The van der Waals surface area contributed by atoms with E-state index in [0.717, 1.165) is 28.4 Å². The van der Waals surface area contributed by atoms with Crippen LogP contribution in [-0.2, 0) is 7.05 Å². The molecule has 0 amide bonds. The number of para-hydroxylation sites is 1. The molecule has 23 heavy (non-hydrogen) atoms. The lowest BCUT2D eigenvalue weighted by atomic mass is 10.1. The molecule has 0 saturated carbocycles. The first-order valence-corrected chi connectivity index (χ1v) is 7.39. The highest BCUT2D eigenvalue weighted by molar-refractivity contribution is 5.67. The van der Waals surface area contributed by atoms with E-state index in [4.69, 9.17) is 4.74 Å². The molecule has 1 aromatic carbocycles. The number of nitrogens with zero attached hydrogens (tertiary/aromatic N) is 4. The number of aryl methyl sites for hydroxylation is 1. The van der Waals surface area contributed by atoms with E-state index in [9.17, 15) is 0 Å². The minimum absolute atomic E-state index is 0.107. The predicted octanol–water partition coefficient (Wildman–Crippen LogP) is 3.06. The number of nitrogens with one attached hydrogen (secondary N) is 1. The fourth-order valence-electron chi connectivity index (χ4n) is 2.38. The highest BCUT2D eigenvalue weighted by Crippen LogP contribution is 2.28. The van der Waals surface area contributed by atoms with Crippen molar-refractivity contribution in [3.05, 3.63) is 54.4 Å². The van der Waals surface area contributed by atoms with Crippen molar-refractivity contribution in [3.8, 4) is 17.0 Å². The first-order chi connectivity index (χ1) is 11.2. The Morgan fingerprint density at radius 2 is 1.96 bits per heavy atom. The summed E-state index contributed by atoms with van der Waals surface area (Å²) < 4.78 is 7.14. The van der Waals surface area contributed by atoms with Crippen LogP contribution in [0, 0.1) is 0 Å². The number of aromatic nitrogens is 4. The van der Waals surface area contributed by atoms with E-state index in [1.807, 2.05) is 55.8 Å². The molecule has 0 radical (unpaired) electrons. The van der Waals surface area contributed by atoms with Crippen molar-refractivity contribution in [1.29, 1.82) is 0 Å². The molecule has 1 N–H and O–H groups in total. The van der Waals surface area contributed by atoms with Gasteiger partial charge in [0.1, 0.15) is 11.6 Å². The lowest BCUT2D eigenvalue weighted by Crippen LogP contribution is -2.08. The number of hydrogen-bond acceptors (Lipinski definition) is 5. The molecule has 1 atom stereocenters. The minimum atomic E-state index is 0.107. The van der Waals surface area contributed by atoms with Crippen LogP contribution in [-0.4, -0.2) is 27.1 Å². The topological polar surface area (TPSA) is 64.9 Å². The molecule has 6 heteroatoms. The molecule has 3 aromatic rings. The smallest absolute Gasteiger partial charge is 0.149 e. The third-order valence-electron chi connectivity index (χ3n) is 3.64. The molecular weight excluding hydrogens is 290 g/mol. The van der Waals surface area contributed by atoms with Crippen LogP contribution in [0.25, 0.3) is 11.3 Å². The molecule has 0 fully saturated rings. The summed E-state index contributed by atoms with van der Waals surface area (Å²) >= 11 is 0. The summed E-state index contributed by atoms with van der Waals surface area (Å²) in [6, 6.07) is 11.7. The zero-order valence-electron chi connectivity index (χ0n) is 13.4. The molecule has 0 spiro atoms. The number of anilines is 1. The summed E-state index contributed by atoms with van der Waals surface area (Å²) in [7, 11) is 3.55. The quantitative estimate of drug-likeness (QED) is 0.784. The molecule has 0 saturated heterocycles. The Labute approximate surface area is 135 Å². The van der Waals surface area contributed by atoms with Crippen molar-refractivity contribution < 1.29 is 4.74 Å². The summed E-state index contributed by atoms with van der Waals surface area (Å²) in [4.78, 5) is 0. The number of benzene rings is 1. The van der Waals surface area contributed by atoms with Gasteiger partial charge in [-0.1, -0.05) is 12.1 Å². The highest BCUT2D eigenvalue weighted by atomic mass is 16.5. The molecule has 2 heterocycles. The fourth-order valence-corrected chi connectivity index (χ4v) is 2.38. The SMILES string of the molecule is COc1ccccc1-c1ccc(N[C@H](C)c2cnn(C)c2)nn1. The maximum atomic E-state index is 5.36. The molecule has 0 aliphatic rings. The van der Waals surface area contributed by atoms with Crippen molar-refractivity contribution in [1.82, 2.24) is 20.0 Å². The zero-order valence-corrected chi connectivity index (χ0v) is 13.4. The number of hydrogen-bond donors (Lipinski definition) is 1. The van der Waals surface area contributed by atoms with Gasteiger partial charge in [-0.15, -0.1) is 10.2 Å². The minimum Gasteiger partial charge on any atom is -0.496 e. The first kappa shape index (κ1) is 15.0. The Hall–Kier alpha value is -2.89. The van der Waals surface area contributed by atoms with Crippen LogP contribution < -0.4 is 10.1 Å². The van der Waals surface area contributed by atoms with Gasteiger partial charge in [0.25, 0.3) is 0 Å². The second-order valence-electron chi connectivity index (χ2n) is 5.32. The third-order valence-corrected chi connectivity index (χ3v) is 3.64. The maximum Gasteiger partial charge on any atom is 0.149 e. The van der Waals surface area contributed by atoms with Gasteiger partial charge in [0, 0.05) is 24.4 Å². The van der Waals surface area contributed by atoms with E-state index in [2.05, 4.69) is 27.5 Å². The molecule has 0 bridgehead atoms. The molecule has 0 aliphatic heterocycles. The first-order valence-electron chi connectivity index (χ1n) is 7.39. The van der Waals surface area contributed by atoms with Gasteiger partial charge in [0.05, 0.1) is 25.0 Å². The monoisotopic (exact) mass is 309 g/mol. The Morgan fingerprint density at radius 3 is 2.61 bits per heavy atom. The second kappa shape index (κ2) is 6.48. The van der Waals surface area contributed by atoms with Gasteiger partial charge in [-0.2, -0.15) is 5.10 Å². The number of rotatable bonds is 5. The second-order valence-corrected chi connectivity index (χ2v) is 5.32. The van der Waals surface area contributed by atoms with E-state index in [1.54, 1.807) is 11.8 Å². The van der Waals surface area contributed by atoms with Gasteiger partial charge in [-0.05, 0) is 31.2 Å². The highest BCUT2D eigenvalue weighted by Gasteiger charge is 2.10. The number of methoxy groups -OCH3 is 1. The summed E-state index contributed by atoms with van der Waals surface area (Å²) in [5.74, 6) is 1.51. The Bertz CT molecular complexity index is 782.